The minimum atomic E-state index is -1.71. The van der Waals surface area contributed by atoms with Gasteiger partial charge in [0.15, 0.2) is 17.5 Å². The van der Waals surface area contributed by atoms with Crippen molar-refractivity contribution in [3.63, 3.8) is 0 Å². The number of carbonyl (C=O) groups excluding carboxylic acids is 1. The van der Waals surface area contributed by atoms with Crippen molar-refractivity contribution in [1.29, 1.82) is 0 Å². The zero-order chi connectivity index (χ0) is 14.9. The van der Waals surface area contributed by atoms with Crippen LogP contribution in [0.15, 0.2) is 30.3 Å². The minimum absolute atomic E-state index is 0.174. The SMILES string of the molecule is O=C(Nc1ccc(F)c(F)c1F)c1cc(O)cc(O)c1. The van der Waals surface area contributed by atoms with E-state index in [9.17, 15) is 28.2 Å². The highest BCUT2D eigenvalue weighted by atomic mass is 19.2. The van der Waals surface area contributed by atoms with Gasteiger partial charge in [0.25, 0.3) is 5.91 Å². The van der Waals surface area contributed by atoms with E-state index in [0.29, 0.717) is 6.07 Å². The third kappa shape index (κ3) is 2.66. The van der Waals surface area contributed by atoms with E-state index in [1.54, 1.807) is 0 Å². The Morgan fingerprint density at radius 1 is 0.950 bits per heavy atom. The van der Waals surface area contributed by atoms with Crippen LogP contribution in [0.5, 0.6) is 11.5 Å². The Labute approximate surface area is 111 Å². The van der Waals surface area contributed by atoms with Crippen LogP contribution < -0.4 is 5.32 Å². The highest BCUT2D eigenvalue weighted by Gasteiger charge is 2.16. The molecule has 7 heteroatoms. The van der Waals surface area contributed by atoms with Crippen molar-refractivity contribution >= 4 is 11.6 Å². The summed E-state index contributed by atoms with van der Waals surface area (Å²) in [5, 5.41) is 20.4. The molecule has 0 aliphatic heterocycles. The van der Waals surface area contributed by atoms with Crippen LogP contribution in [0, 0.1) is 17.5 Å². The second-order valence-electron chi connectivity index (χ2n) is 3.92. The number of halogens is 3. The molecule has 0 radical (unpaired) electrons. The number of anilines is 1. The summed E-state index contributed by atoms with van der Waals surface area (Å²) in [6.45, 7) is 0. The first-order valence-corrected chi connectivity index (χ1v) is 5.36. The number of phenols is 2. The van der Waals surface area contributed by atoms with E-state index >= 15 is 0 Å². The van der Waals surface area contributed by atoms with Gasteiger partial charge in [-0.15, -0.1) is 0 Å². The monoisotopic (exact) mass is 283 g/mol. The van der Waals surface area contributed by atoms with E-state index in [4.69, 9.17) is 0 Å². The van der Waals surface area contributed by atoms with Crippen LogP contribution in [-0.4, -0.2) is 16.1 Å². The Hall–Kier alpha value is -2.70. The van der Waals surface area contributed by atoms with Crippen molar-refractivity contribution in [2.75, 3.05) is 5.32 Å². The minimum Gasteiger partial charge on any atom is -0.508 e. The van der Waals surface area contributed by atoms with Gasteiger partial charge in [-0.1, -0.05) is 0 Å². The maximum atomic E-state index is 13.4. The Balaban J connectivity index is 2.30. The first-order chi connectivity index (χ1) is 9.38. The predicted molar refractivity (Wildman–Crippen MR) is 64.0 cm³/mol. The number of hydrogen-bond acceptors (Lipinski definition) is 3. The molecule has 0 bridgehead atoms. The molecule has 104 valence electrons. The van der Waals surface area contributed by atoms with Crippen LogP contribution in [0.25, 0.3) is 0 Å². The van der Waals surface area contributed by atoms with E-state index in [0.717, 1.165) is 24.3 Å². The second kappa shape index (κ2) is 5.12. The van der Waals surface area contributed by atoms with Crippen molar-refractivity contribution in [3.05, 3.63) is 53.3 Å². The number of phenolic OH excluding ortho intramolecular Hbond substituents is 2. The van der Waals surface area contributed by atoms with Crippen LogP contribution in [0.3, 0.4) is 0 Å². The molecule has 20 heavy (non-hydrogen) atoms. The molecule has 0 atom stereocenters. The quantitative estimate of drug-likeness (QED) is 0.742. The molecule has 4 nitrogen and oxygen atoms in total. The van der Waals surface area contributed by atoms with Gasteiger partial charge in [0.1, 0.15) is 11.5 Å². The zero-order valence-electron chi connectivity index (χ0n) is 9.82. The van der Waals surface area contributed by atoms with Gasteiger partial charge in [-0.05, 0) is 24.3 Å². The highest BCUT2D eigenvalue weighted by Crippen LogP contribution is 2.23. The summed E-state index contributed by atoms with van der Waals surface area (Å²) in [6, 6.07) is 4.55. The van der Waals surface area contributed by atoms with Gasteiger partial charge in [-0.2, -0.15) is 0 Å². The number of rotatable bonds is 2. The summed E-state index contributed by atoms with van der Waals surface area (Å²) in [5.74, 6) is -6.28. The summed E-state index contributed by atoms with van der Waals surface area (Å²) in [5.41, 5.74) is -0.733. The number of aromatic hydroxyl groups is 2. The Morgan fingerprint density at radius 3 is 2.15 bits per heavy atom. The lowest BCUT2D eigenvalue weighted by Crippen LogP contribution is -2.13. The third-order valence-corrected chi connectivity index (χ3v) is 2.45. The van der Waals surface area contributed by atoms with Gasteiger partial charge >= 0.3 is 0 Å². The van der Waals surface area contributed by atoms with Crippen LogP contribution in [0.4, 0.5) is 18.9 Å². The zero-order valence-corrected chi connectivity index (χ0v) is 9.82. The predicted octanol–water partition coefficient (Wildman–Crippen LogP) is 2.77. The number of hydrogen-bond donors (Lipinski definition) is 3. The molecular weight excluding hydrogens is 275 g/mol. The number of nitrogens with one attached hydrogen (secondary N) is 1. The fraction of sp³-hybridized carbons (Fsp3) is 0. The molecule has 0 heterocycles. The summed E-state index contributed by atoms with van der Waals surface area (Å²) in [6.07, 6.45) is 0. The standard InChI is InChI=1S/C13H8F3NO3/c14-9-1-2-10(12(16)11(9)15)17-13(20)6-3-7(18)5-8(19)4-6/h1-5,18-19H,(H,17,20). The van der Waals surface area contributed by atoms with Gasteiger partial charge in [-0.3, -0.25) is 4.79 Å². The van der Waals surface area contributed by atoms with E-state index < -0.39 is 29.0 Å². The Morgan fingerprint density at radius 2 is 1.55 bits per heavy atom. The van der Waals surface area contributed by atoms with Gasteiger partial charge in [0.2, 0.25) is 0 Å². The van der Waals surface area contributed by atoms with E-state index in [1.807, 2.05) is 5.32 Å². The highest BCUT2D eigenvalue weighted by molar-refractivity contribution is 6.04. The molecule has 3 N–H and O–H groups in total. The summed E-state index contributed by atoms with van der Waals surface area (Å²) in [4.78, 5) is 11.8. The summed E-state index contributed by atoms with van der Waals surface area (Å²) in [7, 11) is 0. The molecule has 0 unspecified atom stereocenters. The number of benzene rings is 2. The molecule has 0 saturated carbocycles. The summed E-state index contributed by atoms with van der Waals surface area (Å²) >= 11 is 0. The molecule has 0 aromatic heterocycles. The Bertz CT molecular complexity index is 669. The topological polar surface area (TPSA) is 69.6 Å². The van der Waals surface area contributed by atoms with Gasteiger partial charge in [0.05, 0.1) is 5.69 Å². The average Bonchev–Trinajstić information content (AvgIpc) is 2.38. The second-order valence-corrected chi connectivity index (χ2v) is 3.92. The lowest BCUT2D eigenvalue weighted by Gasteiger charge is -2.08. The van der Waals surface area contributed by atoms with Crippen molar-refractivity contribution in [1.82, 2.24) is 0 Å². The van der Waals surface area contributed by atoms with Crippen molar-refractivity contribution in [2.45, 2.75) is 0 Å². The third-order valence-electron chi connectivity index (χ3n) is 2.45. The summed E-state index contributed by atoms with van der Waals surface area (Å²) < 4.78 is 39.1. The molecule has 0 aliphatic carbocycles. The molecule has 2 rings (SSSR count). The average molecular weight is 283 g/mol. The maximum absolute atomic E-state index is 13.4. The molecule has 0 saturated heterocycles. The van der Waals surface area contributed by atoms with E-state index in [1.165, 1.54) is 0 Å². The molecule has 1 amide bonds. The molecule has 2 aromatic rings. The fourth-order valence-corrected chi connectivity index (χ4v) is 1.54. The first kappa shape index (κ1) is 13.7. The van der Waals surface area contributed by atoms with Crippen LogP contribution in [-0.2, 0) is 0 Å². The molecule has 2 aromatic carbocycles. The molecular formula is C13H8F3NO3. The van der Waals surface area contributed by atoms with Crippen LogP contribution >= 0.6 is 0 Å². The molecule has 0 spiro atoms. The fourth-order valence-electron chi connectivity index (χ4n) is 1.54. The number of carbonyl (C=O) groups is 1. The largest absolute Gasteiger partial charge is 0.508 e. The Kier molecular flexibility index (Phi) is 3.51. The van der Waals surface area contributed by atoms with Gasteiger partial charge in [0, 0.05) is 11.6 Å². The van der Waals surface area contributed by atoms with Gasteiger partial charge in [-0.25, -0.2) is 13.2 Å². The number of amides is 1. The van der Waals surface area contributed by atoms with Crippen molar-refractivity contribution < 1.29 is 28.2 Å². The first-order valence-electron chi connectivity index (χ1n) is 5.36. The smallest absolute Gasteiger partial charge is 0.256 e. The van der Waals surface area contributed by atoms with Crippen LogP contribution in [0.1, 0.15) is 10.4 Å². The van der Waals surface area contributed by atoms with Crippen LogP contribution in [0.2, 0.25) is 0 Å². The van der Waals surface area contributed by atoms with Gasteiger partial charge < -0.3 is 15.5 Å². The van der Waals surface area contributed by atoms with E-state index in [2.05, 4.69) is 0 Å². The molecule has 0 fully saturated rings. The normalized spacial score (nSPS) is 10.3. The lowest BCUT2D eigenvalue weighted by molar-refractivity contribution is 0.102. The van der Waals surface area contributed by atoms with E-state index in [-0.39, 0.29) is 17.1 Å². The lowest BCUT2D eigenvalue weighted by atomic mass is 10.2. The van der Waals surface area contributed by atoms with Crippen molar-refractivity contribution in [2.24, 2.45) is 0 Å². The molecule has 0 aliphatic rings. The van der Waals surface area contributed by atoms with Crippen molar-refractivity contribution in [3.8, 4) is 11.5 Å². The maximum Gasteiger partial charge on any atom is 0.256 e.